The van der Waals surface area contributed by atoms with Crippen molar-refractivity contribution in [3.05, 3.63) is 113 Å². The molecule has 2 aromatic heterocycles. The fourth-order valence-corrected chi connectivity index (χ4v) is 5.29. The minimum Gasteiger partial charge on any atom is -0.352 e. The van der Waals surface area contributed by atoms with Crippen molar-refractivity contribution in [1.29, 1.82) is 0 Å². The highest BCUT2D eigenvalue weighted by Gasteiger charge is 2.41. The minimum atomic E-state index is -0.177. The number of aromatic nitrogens is 2. The predicted octanol–water partition coefficient (Wildman–Crippen LogP) is 6.14. The molecule has 37 heavy (non-hydrogen) atoms. The van der Waals surface area contributed by atoms with E-state index in [1.54, 1.807) is 6.20 Å². The van der Waals surface area contributed by atoms with E-state index in [2.05, 4.69) is 31.2 Å². The zero-order valence-corrected chi connectivity index (χ0v) is 22.3. The van der Waals surface area contributed by atoms with Crippen LogP contribution in [0.4, 0.5) is 5.69 Å². The minimum absolute atomic E-state index is 0.0539. The molecule has 1 fully saturated rings. The van der Waals surface area contributed by atoms with Crippen LogP contribution >= 0.6 is 23.8 Å². The Hall–Kier alpha value is -3.68. The lowest BCUT2D eigenvalue weighted by molar-refractivity contribution is -0.116. The summed E-state index contributed by atoms with van der Waals surface area (Å²) in [6.07, 6.45) is 4.09. The van der Waals surface area contributed by atoms with E-state index in [0.717, 1.165) is 33.9 Å². The van der Waals surface area contributed by atoms with E-state index in [-0.39, 0.29) is 18.0 Å². The number of amides is 1. The Balaban J connectivity index is 1.44. The van der Waals surface area contributed by atoms with Gasteiger partial charge in [-0.2, -0.15) is 0 Å². The normalized spacial score (nSPS) is 17.1. The van der Waals surface area contributed by atoms with E-state index in [9.17, 15) is 4.79 Å². The van der Waals surface area contributed by atoms with Crippen LogP contribution < -0.4 is 10.6 Å². The number of hydrogen-bond donors (Lipinski definition) is 2. The van der Waals surface area contributed by atoms with Crippen LogP contribution in [0.15, 0.2) is 85.2 Å². The maximum atomic E-state index is 13.0. The second kappa shape index (κ2) is 10.7. The molecule has 8 heteroatoms. The first-order chi connectivity index (χ1) is 17.9. The van der Waals surface area contributed by atoms with Gasteiger partial charge in [-0.3, -0.25) is 9.78 Å². The van der Waals surface area contributed by atoms with Gasteiger partial charge in [-0.05, 0) is 85.7 Å². The third-order valence-electron chi connectivity index (χ3n) is 6.61. The van der Waals surface area contributed by atoms with Crippen LogP contribution in [0.2, 0.25) is 5.02 Å². The van der Waals surface area contributed by atoms with Gasteiger partial charge < -0.3 is 20.1 Å². The lowest BCUT2D eigenvalue weighted by atomic mass is 10.0. The van der Waals surface area contributed by atoms with Crippen molar-refractivity contribution in [3.63, 3.8) is 0 Å². The van der Waals surface area contributed by atoms with Crippen LogP contribution in [0.1, 0.15) is 41.0 Å². The number of nitrogens with zero attached hydrogens (tertiary/aromatic N) is 3. The fourth-order valence-electron chi connectivity index (χ4n) is 4.77. The number of hydrogen-bond acceptors (Lipinski definition) is 3. The van der Waals surface area contributed by atoms with Crippen molar-refractivity contribution in [3.8, 4) is 5.69 Å². The number of carbonyl (C=O) groups excluding carboxylic acids is 1. The Morgan fingerprint density at radius 3 is 2.73 bits per heavy atom. The molecule has 2 N–H and O–H groups in total. The van der Waals surface area contributed by atoms with Gasteiger partial charge in [0.15, 0.2) is 5.11 Å². The number of pyridine rings is 1. The molecule has 1 aliphatic heterocycles. The van der Waals surface area contributed by atoms with Gasteiger partial charge in [0, 0.05) is 47.5 Å². The predicted molar refractivity (Wildman–Crippen MR) is 152 cm³/mol. The third kappa shape index (κ3) is 5.38. The van der Waals surface area contributed by atoms with Crippen molar-refractivity contribution in [2.45, 2.75) is 32.4 Å². The zero-order valence-electron chi connectivity index (χ0n) is 20.7. The van der Waals surface area contributed by atoms with Crippen molar-refractivity contribution in [2.75, 3.05) is 11.9 Å². The first-order valence-corrected chi connectivity index (χ1v) is 13.0. The summed E-state index contributed by atoms with van der Waals surface area (Å²) in [6, 6.07) is 23.4. The molecule has 1 amide bonds. The molecule has 188 valence electrons. The highest BCUT2D eigenvalue weighted by atomic mass is 35.5. The maximum absolute atomic E-state index is 13.0. The summed E-state index contributed by atoms with van der Waals surface area (Å²) in [4.78, 5) is 19.7. The molecule has 2 atom stereocenters. The average Bonchev–Trinajstić information content (AvgIpc) is 3.49. The number of halogens is 1. The quantitative estimate of drug-likeness (QED) is 0.281. The summed E-state index contributed by atoms with van der Waals surface area (Å²) in [5, 5.41) is 7.79. The molecule has 0 saturated carbocycles. The van der Waals surface area contributed by atoms with Crippen LogP contribution in [0, 0.1) is 13.8 Å². The topological polar surface area (TPSA) is 62.2 Å². The number of rotatable bonds is 7. The van der Waals surface area contributed by atoms with E-state index < -0.39 is 0 Å². The largest absolute Gasteiger partial charge is 0.352 e. The van der Waals surface area contributed by atoms with E-state index >= 15 is 0 Å². The summed E-state index contributed by atoms with van der Waals surface area (Å²) >= 11 is 12.1. The monoisotopic (exact) mass is 529 g/mol. The van der Waals surface area contributed by atoms with Crippen LogP contribution in [-0.2, 0) is 4.79 Å². The molecule has 0 unspecified atom stereocenters. The molecular weight excluding hydrogens is 502 g/mol. The van der Waals surface area contributed by atoms with E-state index in [1.807, 2.05) is 86.8 Å². The van der Waals surface area contributed by atoms with Gasteiger partial charge in [0.2, 0.25) is 5.91 Å². The van der Waals surface area contributed by atoms with Crippen LogP contribution in [0.3, 0.4) is 0 Å². The second-order valence-electron chi connectivity index (χ2n) is 9.22. The van der Waals surface area contributed by atoms with Gasteiger partial charge >= 0.3 is 0 Å². The fraction of sp³-hybridized carbons (Fsp3) is 0.207. The van der Waals surface area contributed by atoms with Crippen LogP contribution in [0.5, 0.6) is 0 Å². The Bertz CT molecular complexity index is 1440. The van der Waals surface area contributed by atoms with Crippen molar-refractivity contribution >= 4 is 40.5 Å². The average molecular weight is 530 g/mol. The number of anilines is 1. The third-order valence-corrected chi connectivity index (χ3v) is 7.20. The Morgan fingerprint density at radius 2 is 1.95 bits per heavy atom. The van der Waals surface area contributed by atoms with Crippen molar-refractivity contribution in [1.82, 2.24) is 19.8 Å². The first kappa shape index (κ1) is 25.0. The lowest BCUT2D eigenvalue weighted by Crippen LogP contribution is -2.33. The Kier molecular flexibility index (Phi) is 7.26. The molecule has 2 aromatic carbocycles. The number of nitrogens with one attached hydrogen (secondary N) is 2. The molecule has 4 aromatic rings. The summed E-state index contributed by atoms with van der Waals surface area (Å²) in [5.74, 6) is -0.0539. The molecule has 0 aliphatic carbocycles. The molecule has 1 aliphatic rings. The number of benzene rings is 2. The second-order valence-corrected chi connectivity index (χ2v) is 10.0. The lowest BCUT2D eigenvalue weighted by Gasteiger charge is -2.29. The van der Waals surface area contributed by atoms with E-state index in [1.165, 1.54) is 0 Å². The Labute approximate surface area is 227 Å². The van der Waals surface area contributed by atoms with Gasteiger partial charge in [-0.15, -0.1) is 0 Å². The summed E-state index contributed by atoms with van der Waals surface area (Å²) in [5.41, 5.74) is 5.84. The Morgan fingerprint density at radius 1 is 1.08 bits per heavy atom. The van der Waals surface area contributed by atoms with Gasteiger partial charge in [0.1, 0.15) is 0 Å². The first-order valence-electron chi connectivity index (χ1n) is 12.2. The van der Waals surface area contributed by atoms with Gasteiger partial charge in [0.05, 0.1) is 17.8 Å². The molecule has 3 heterocycles. The number of thiocarbonyl (C=S) groups is 1. The van der Waals surface area contributed by atoms with E-state index in [0.29, 0.717) is 23.1 Å². The van der Waals surface area contributed by atoms with Gasteiger partial charge in [0.25, 0.3) is 0 Å². The smallest absolute Gasteiger partial charge is 0.226 e. The van der Waals surface area contributed by atoms with Gasteiger partial charge in [-0.1, -0.05) is 35.9 Å². The zero-order chi connectivity index (χ0) is 25.9. The molecule has 0 bridgehead atoms. The number of aryl methyl sites for hydroxylation is 2. The molecular formula is C29H28ClN5OS. The van der Waals surface area contributed by atoms with Crippen LogP contribution in [-0.4, -0.2) is 32.0 Å². The highest BCUT2D eigenvalue weighted by Crippen LogP contribution is 2.39. The molecule has 6 nitrogen and oxygen atoms in total. The van der Waals surface area contributed by atoms with Gasteiger partial charge in [-0.25, -0.2) is 0 Å². The number of carbonyl (C=O) groups is 1. The van der Waals surface area contributed by atoms with E-state index in [4.69, 9.17) is 23.8 Å². The van der Waals surface area contributed by atoms with Crippen molar-refractivity contribution in [2.24, 2.45) is 0 Å². The molecule has 0 radical (unpaired) electrons. The molecule has 5 rings (SSSR count). The van der Waals surface area contributed by atoms with Crippen molar-refractivity contribution < 1.29 is 4.79 Å². The highest BCUT2D eigenvalue weighted by molar-refractivity contribution is 7.80. The molecule has 1 saturated heterocycles. The summed E-state index contributed by atoms with van der Waals surface area (Å²) in [6.45, 7) is 4.46. The molecule has 0 spiro atoms. The maximum Gasteiger partial charge on any atom is 0.226 e. The SMILES string of the molecule is Cc1ccc(C)c(NC(=O)CCN2C(=S)N[C@H](c3ccccn3)[C@H]2c2cccn2-c2cccc(Cl)c2)c1. The van der Waals surface area contributed by atoms with Crippen LogP contribution in [0.25, 0.3) is 5.69 Å². The standard InChI is InChI=1S/C29H28ClN5OS/c1-19-11-12-20(2)24(17-19)32-26(36)13-16-35-28(27(33-29(35)37)23-9-3-4-14-31-23)25-10-6-15-34(25)22-8-5-7-21(30)18-22/h3-12,14-15,17-18,27-28H,13,16H2,1-2H3,(H,32,36)(H,33,37)/t27-,28-/m1/s1. The summed E-state index contributed by atoms with van der Waals surface area (Å²) in [7, 11) is 0. The summed E-state index contributed by atoms with van der Waals surface area (Å²) < 4.78 is 2.12.